The maximum absolute atomic E-state index is 12.3. The molecule has 138 valence electrons. The van der Waals surface area contributed by atoms with Gasteiger partial charge in [-0.25, -0.2) is 5.01 Å². The summed E-state index contributed by atoms with van der Waals surface area (Å²) in [5, 5.41) is 17.1. The molecule has 7 heteroatoms. The van der Waals surface area contributed by atoms with Gasteiger partial charge in [0.15, 0.2) is 0 Å². The first-order chi connectivity index (χ1) is 13.0. The van der Waals surface area contributed by atoms with Gasteiger partial charge in [-0.2, -0.15) is 5.10 Å². The van der Waals surface area contributed by atoms with Gasteiger partial charge in [0.1, 0.15) is 5.75 Å². The number of carbonyl (C=O) groups excluding carboxylic acids is 1. The monoisotopic (exact) mass is 365 g/mol. The Morgan fingerprint density at radius 1 is 1.26 bits per heavy atom. The lowest BCUT2D eigenvalue weighted by Crippen LogP contribution is -2.31. The maximum atomic E-state index is 12.3. The van der Waals surface area contributed by atoms with Crippen molar-refractivity contribution in [3.8, 4) is 5.75 Å². The third kappa shape index (κ3) is 2.85. The minimum Gasteiger partial charge on any atom is -0.497 e. The predicted octanol–water partition coefficient (Wildman–Crippen LogP) is 3.47. The van der Waals surface area contributed by atoms with E-state index in [0.29, 0.717) is 0 Å². The number of nitro groups is 1. The average Bonchev–Trinajstić information content (AvgIpc) is 3.08. The van der Waals surface area contributed by atoms with Crippen LogP contribution < -0.4 is 4.74 Å². The van der Waals surface area contributed by atoms with Gasteiger partial charge in [-0.3, -0.25) is 14.9 Å². The van der Waals surface area contributed by atoms with Gasteiger partial charge in [0, 0.05) is 30.5 Å². The lowest BCUT2D eigenvalue weighted by Gasteiger charge is -2.29. The van der Waals surface area contributed by atoms with E-state index in [1.807, 2.05) is 18.2 Å². The molecule has 1 aliphatic heterocycles. The Hall–Kier alpha value is -3.22. The first-order valence-electron chi connectivity index (χ1n) is 8.79. The molecule has 2 aliphatic rings. The van der Waals surface area contributed by atoms with Gasteiger partial charge in [-0.15, -0.1) is 0 Å². The summed E-state index contributed by atoms with van der Waals surface area (Å²) in [4.78, 5) is 22.8. The van der Waals surface area contributed by atoms with Crippen LogP contribution in [0.5, 0.6) is 5.75 Å². The topological polar surface area (TPSA) is 85.0 Å². The van der Waals surface area contributed by atoms with Crippen LogP contribution in [0.4, 0.5) is 5.69 Å². The van der Waals surface area contributed by atoms with Crippen LogP contribution in [0.3, 0.4) is 0 Å². The Labute approximate surface area is 156 Å². The smallest absolute Gasteiger partial charge is 0.269 e. The van der Waals surface area contributed by atoms with Gasteiger partial charge >= 0.3 is 0 Å². The van der Waals surface area contributed by atoms with E-state index in [2.05, 4.69) is 5.10 Å². The van der Waals surface area contributed by atoms with Gasteiger partial charge in [0.25, 0.3) is 5.69 Å². The fourth-order valence-corrected chi connectivity index (χ4v) is 4.00. The molecule has 0 N–H and O–H groups in total. The third-order valence-electron chi connectivity index (χ3n) is 5.30. The Kier molecular flexibility index (Phi) is 4.14. The molecule has 0 unspecified atom stereocenters. The van der Waals surface area contributed by atoms with Gasteiger partial charge < -0.3 is 4.74 Å². The quantitative estimate of drug-likeness (QED) is 0.616. The minimum atomic E-state index is -0.424. The number of non-ortho nitro benzene ring substituents is 1. The van der Waals surface area contributed by atoms with Crippen molar-refractivity contribution in [1.29, 1.82) is 0 Å². The van der Waals surface area contributed by atoms with Crippen molar-refractivity contribution in [1.82, 2.24) is 5.01 Å². The summed E-state index contributed by atoms with van der Waals surface area (Å²) in [6, 6.07) is 12.1. The Morgan fingerprint density at radius 3 is 2.63 bits per heavy atom. The fraction of sp³-hybridized carbons (Fsp3) is 0.300. The second kappa shape index (κ2) is 6.50. The predicted molar refractivity (Wildman–Crippen MR) is 99.7 cm³/mol. The maximum Gasteiger partial charge on any atom is 0.269 e. The molecular weight excluding hydrogens is 346 g/mol. The summed E-state index contributed by atoms with van der Waals surface area (Å²) < 4.78 is 5.35. The summed E-state index contributed by atoms with van der Waals surface area (Å²) in [5.74, 6) is 0.657. The number of benzene rings is 2. The highest BCUT2D eigenvalue weighted by atomic mass is 16.6. The van der Waals surface area contributed by atoms with Crippen LogP contribution in [0, 0.1) is 16.0 Å². The molecule has 2 aromatic carbocycles. The first kappa shape index (κ1) is 17.2. The van der Waals surface area contributed by atoms with E-state index >= 15 is 0 Å². The Morgan fingerprint density at radius 2 is 2.00 bits per heavy atom. The van der Waals surface area contributed by atoms with Gasteiger partial charge in [0.2, 0.25) is 5.91 Å². The molecule has 0 radical (unpaired) electrons. The van der Waals surface area contributed by atoms with Crippen LogP contribution in [0.15, 0.2) is 47.6 Å². The molecule has 0 fully saturated rings. The van der Waals surface area contributed by atoms with Crippen molar-refractivity contribution in [3.63, 3.8) is 0 Å². The molecule has 1 aliphatic carbocycles. The lowest BCUT2D eigenvalue weighted by atomic mass is 9.77. The fourth-order valence-electron chi connectivity index (χ4n) is 4.00. The van der Waals surface area contributed by atoms with Crippen molar-refractivity contribution in [3.05, 3.63) is 69.3 Å². The van der Waals surface area contributed by atoms with Crippen molar-refractivity contribution in [2.24, 2.45) is 11.0 Å². The number of aryl methyl sites for hydroxylation is 1. The summed E-state index contributed by atoms with van der Waals surface area (Å²) in [7, 11) is 1.63. The standard InChI is InChI=1S/C20H19N3O4/c1-12(24)22-20(14-3-7-15(8-4-14)23(25)26)17-10-6-13-5-9-16(27-2)11-18(13)19(17)21-22/h3-5,7-9,11,17,20H,6,10H2,1-2H3/t17-,20+/m0/s1. The molecule has 0 spiro atoms. The number of amides is 1. The van der Waals surface area contributed by atoms with Crippen molar-refractivity contribution in [2.45, 2.75) is 25.8 Å². The zero-order chi connectivity index (χ0) is 19.1. The zero-order valence-electron chi connectivity index (χ0n) is 15.1. The molecule has 0 saturated heterocycles. The molecule has 2 atom stereocenters. The zero-order valence-corrected chi connectivity index (χ0v) is 15.1. The molecular formula is C20H19N3O4. The van der Waals surface area contributed by atoms with Crippen LogP contribution in [0.25, 0.3) is 0 Å². The molecule has 0 saturated carbocycles. The van der Waals surface area contributed by atoms with Crippen LogP contribution in [0.2, 0.25) is 0 Å². The van der Waals surface area contributed by atoms with E-state index in [0.717, 1.165) is 35.4 Å². The highest BCUT2D eigenvalue weighted by Crippen LogP contribution is 2.44. The van der Waals surface area contributed by atoms with Gasteiger partial charge in [-0.1, -0.05) is 18.2 Å². The van der Waals surface area contributed by atoms with Gasteiger partial charge in [-0.05, 0) is 36.1 Å². The summed E-state index contributed by atoms with van der Waals surface area (Å²) in [6.45, 7) is 1.49. The number of carbonyl (C=O) groups is 1. The van der Waals surface area contributed by atoms with Crippen LogP contribution >= 0.6 is 0 Å². The Bertz CT molecular complexity index is 952. The van der Waals surface area contributed by atoms with E-state index in [-0.39, 0.29) is 23.6 Å². The lowest BCUT2D eigenvalue weighted by molar-refractivity contribution is -0.384. The summed E-state index contributed by atoms with van der Waals surface area (Å²) >= 11 is 0. The number of rotatable bonds is 3. The van der Waals surface area contributed by atoms with Gasteiger partial charge in [0.05, 0.1) is 23.8 Å². The number of methoxy groups -OCH3 is 1. The number of nitrogens with zero attached hydrogens (tertiary/aromatic N) is 3. The second-order valence-electron chi connectivity index (χ2n) is 6.81. The molecule has 27 heavy (non-hydrogen) atoms. The van der Waals surface area contributed by atoms with E-state index in [1.165, 1.54) is 29.6 Å². The number of fused-ring (bicyclic) bond motifs is 3. The normalized spacial score (nSPS) is 20.5. The first-order valence-corrected chi connectivity index (χ1v) is 8.79. The van der Waals surface area contributed by atoms with Crippen LogP contribution in [-0.2, 0) is 11.2 Å². The van der Waals surface area contributed by atoms with Crippen LogP contribution in [0.1, 0.15) is 36.1 Å². The second-order valence-corrected chi connectivity index (χ2v) is 6.81. The summed E-state index contributed by atoms with van der Waals surface area (Å²) in [5.41, 5.74) is 3.98. The molecule has 0 aromatic heterocycles. The summed E-state index contributed by atoms with van der Waals surface area (Å²) in [6.07, 6.45) is 1.75. The minimum absolute atomic E-state index is 0.0333. The third-order valence-corrected chi connectivity index (χ3v) is 5.30. The number of hydrogen-bond donors (Lipinski definition) is 0. The van der Waals surface area contributed by atoms with E-state index in [4.69, 9.17) is 4.74 Å². The van der Waals surface area contributed by atoms with Crippen molar-refractivity contribution < 1.29 is 14.5 Å². The highest BCUT2D eigenvalue weighted by molar-refractivity contribution is 6.07. The molecule has 4 rings (SSSR count). The van der Waals surface area contributed by atoms with Crippen molar-refractivity contribution >= 4 is 17.3 Å². The van der Waals surface area contributed by atoms with Crippen LogP contribution in [-0.4, -0.2) is 28.7 Å². The number of ether oxygens (including phenoxy) is 1. The van der Waals surface area contributed by atoms with E-state index < -0.39 is 4.92 Å². The molecule has 7 nitrogen and oxygen atoms in total. The number of hydrazone groups is 1. The Balaban J connectivity index is 1.76. The number of hydrogen-bond acceptors (Lipinski definition) is 5. The molecule has 2 aromatic rings. The molecule has 1 amide bonds. The van der Waals surface area contributed by atoms with E-state index in [9.17, 15) is 14.9 Å². The van der Waals surface area contributed by atoms with Crippen molar-refractivity contribution in [2.75, 3.05) is 7.11 Å². The number of nitro benzene ring substituents is 1. The largest absolute Gasteiger partial charge is 0.497 e. The molecule has 1 heterocycles. The highest BCUT2D eigenvalue weighted by Gasteiger charge is 2.43. The molecule has 0 bridgehead atoms. The van der Waals surface area contributed by atoms with E-state index in [1.54, 1.807) is 19.2 Å². The SMILES string of the molecule is COc1ccc2c(c1)C1=NN(C(C)=O)[C@H](c3ccc([N+](=O)[O-])cc3)[C@H]1CC2. The average molecular weight is 365 g/mol.